The van der Waals surface area contributed by atoms with Crippen molar-refractivity contribution in [2.75, 3.05) is 4.90 Å². The fourth-order valence-electron chi connectivity index (χ4n) is 4.07. The standard InChI is InChI=1S/C22H18N4O5/c27-10-14-2-4-17(31-14)19-18(20(28)12-5-7-23-8-6-12)21(29)22(30)26(19)13-1-3-15-16(9-13)25-11-24-15/h1-9,11,18-19,21,27,29H,10H2,(H,24,25). The number of hydrogen-bond acceptors (Lipinski definition) is 7. The Hall–Kier alpha value is -3.82. The number of H-pyrrole nitrogens is 1. The molecule has 0 spiro atoms. The van der Waals surface area contributed by atoms with E-state index in [1.807, 2.05) is 0 Å². The number of carbonyl (C=O) groups excluding carboxylic acids is 2. The number of Topliss-reactive ketones (excluding diaryl/α,β-unsaturated/α-hetero) is 1. The molecule has 0 radical (unpaired) electrons. The molecule has 3 aromatic heterocycles. The number of nitrogens with one attached hydrogen (secondary N) is 1. The van der Waals surface area contributed by atoms with Crippen LogP contribution in [-0.4, -0.2) is 43.0 Å². The number of aliphatic hydroxyl groups excluding tert-OH is 2. The molecule has 156 valence electrons. The highest BCUT2D eigenvalue weighted by atomic mass is 16.4. The molecule has 3 atom stereocenters. The number of anilines is 1. The number of amides is 1. The van der Waals surface area contributed by atoms with Crippen LogP contribution in [0.1, 0.15) is 27.9 Å². The van der Waals surface area contributed by atoms with Gasteiger partial charge in [-0.3, -0.25) is 19.5 Å². The number of fused-ring (bicyclic) bond motifs is 1. The number of ketones is 1. The Labute approximate surface area is 176 Å². The highest BCUT2D eigenvalue weighted by Gasteiger charge is 2.53. The minimum Gasteiger partial charge on any atom is -0.461 e. The van der Waals surface area contributed by atoms with Crippen molar-refractivity contribution >= 4 is 28.4 Å². The second-order valence-electron chi connectivity index (χ2n) is 7.29. The van der Waals surface area contributed by atoms with Gasteiger partial charge in [0, 0.05) is 23.6 Å². The number of aromatic nitrogens is 3. The van der Waals surface area contributed by atoms with Crippen LogP contribution in [0, 0.1) is 5.92 Å². The van der Waals surface area contributed by atoms with E-state index in [2.05, 4.69) is 15.0 Å². The van der Waals surface area contributed by atoms with Gasteiger partial charge in [0.2, 0.25) is 0 Å². The first-order chi connectivity index (χ1) is 15.1. The molecule has 9 nitrogen and oxygen atoms in total. The predicted molar refractivity (Wildman–Crippen MR) is 109 cm³/mol. The monoisotopic (exact) mass is 418 g/mol. The van der Waals surface area contributed by atoms with E-state index in [4.69, 9.17) is 4.42 Å². The zero-order chi connectivity index (χ0) is 21.5. The molecule has 0 saturated carbocycles. The molecular formula is C22H18N4O5. The molecule has 4 aromatic rings. The third kappa shape index (κ3) is 3.11. The summed E-state index contributed by atoms with van der Waals surface area (Å²) in [6.45, 7) is -0.327. The normalized spacial score (nSPS) is 21.2. The van der Waals surface area contributed by atoms with Crippen molar-refractivity contribution in [1.29, 1.82) is 0 Å². The lowest BCUT2D eigenvalue weighted by Gasteiger charge is -2.26. The van der Waals surface area contributed by atoms with E-state index in [-0.39, 0.29) is 6.61 Å². The molecule has 1 aromatic carbocycles. The summed E-state index contributed by atoms with van der Waals surface area (Å²) in [6.07, 6.45) is 2.94. The highest BCUT2D eigenvalue weighted by Crippen LogP contribution is 2.44. The van der Waals surface area contributed by atoms with Gasteiger partial charge in [-0.15, -0.1) is 0 Å². The third-order valence-corrected chi connectivity index (χ3v) is 5.53. The average molecular weight is 418 g/mol. The quantitative estimate of drug-likeness (QED) is 0.422. The van der Waals surface area contributed by atoms with Crippen LogP contribution in [0.5, 0.6) is 0 Å². The Morgan fingerprint density at radius 2 is 1.97 bits per heavy atom. The maximum absolute atomic E-state index is 13.3. The SMILES string of the molecule is O=C(c1ccncc1)C1C(O)C(=O)N(c2ccc3nc[nH]c3c2)C1c1ccc(CO)o1. The number of furan rings is 1. The first kappa shape index (κ1) is 19.2. The Kier molecular flexibility index (Phi) is 4.61. The van der Waals surface area contributed by atoms with Crippen molar-refractivity contribution in [2.24, 2.45) is 5.92 Å². The Morgan fingerprint density at radius 3 is 2.71 bits per heavy atom. The second kappa shape index (κ2) is 7.46. The predicted octanol–water partition coefficient (Wildman–Crippen LogP) is 1.99. The number of benzene rings is 1. The van der Waals surface area contributed by atoms with Crippen LogP contribution >= 0.6 is 0 Å². The molecule has 5 rings (SSSR count). The van der Waals surface area contributed by atoms with Crippen molar-refractivity contribution in [3.05, 3.63) is 78.3 Å². The van der Waals surface area contributed by atoms with Gasteiger partial charge >= 0.3 is 0 Å². The van der Waals surface area contributed by atoms with Crippen LogP contribution in [0.15, 0.2) is 65.6 Å². The van der Waals surface area contributed by atoms with E-state index in [1.54, 1.807) is 36.7 Å². The van der Waals surface area contributed by atoms with Gasteiger partial charge in [0.15, 0.2) is 5.78 Å². The summed E-state index contributed by atoms with van der Waals surface area (Å²) in [6, 6.07) is 10.5. The topological polar surface area (TPSA) is 133 Å². The zero-order valence-electron chi connectivity index (χ0n) is 16.2. The first-order valence-electron chi connectivity index (χ1n) is 9.66. The van der Waals surface area contributed by atoms with Gasteiger partial charge in [0.1, 0.15) is 30.3 Å². The van der Waals surface area contributed by atoms with E-state index in [9.17, 15) is 19.8 Å². The lowest BCUT2D eigenvalue weighted by Crippen LogP contribution is -2.30. The molecule has 1 aliphatic heterocycles. The highest BCUT2D eigenvalue weighted by molar-refractivity contribution is 6.09. The minimum atomic E-state index is -1.56. The molecule has 0 aliphatic carbocycles. The maximum Gasteiger partial charge on any atom is 0.257 e. The van der Waals surface area contributed by atoms with E-state index in [0.29, 0.717) is 28.3 Å². The summed E-state index contributed by atoms with van der Waals surface area (Å²) in [7, 11) is 0. The van der Waals surface area contributed by atoms with Gasteiger partial charge < -0.3 is 19.6 Å². The summed E-state index contributed by atoms with van der Waals surface area (Å²) in [4.78, 5) is 39.0. The Morgan fingerprint density at radius 1 is 1.16 bits per heavy atom. The number of hydrogen-bond donors (Lipinski definition) is 3. The minimum absolute atomic E-state index is 0.294. The molecule has 9 heteroatoms. The van der Waals surface area contributed by atoms with Gasteiger partial charge in [-0.2, -0.15) is 0 Å². The molecule has 3 N–H and O–H groups in total. The number of pyridine rings is 1. The molecule has 3 unspecified atom stereocenters. The number of nitrogens with zero attached hydrogens (tertiary/aromatic N) is 3. The van der Waals surface area contributed by atoms with Gasteiger partial charge in [-0.05, 0) is 42.5 Å². The number of imidazole rings is 1. The van der Waals surface area contributed by atoms with Crippen LogP contribution in [0.25, 0.3) is 11.0 Å². The smallest absolute Gasteiger partial charge is 0.257 e. The average Bonchev–Trinajstić information content (AvgIpc) is 3.52. The zero-order valence-corrected chi connectivity index (χ0v) is 16.2. The lowest BCUT2D eigenvalue weighted by atomic mass is 9.88. The summed E-state index contributed by atoms with van der Waals surface area (Å²) < 4.78 is 5.71. The fraction of sp³-hybridized carbons (Fsp3) is 0.182. The molecule has 4 heterocycles. The Balaban J connectivity index is 1.65. The second-order valence-corrected chi connectivity index (χ2v) is 7.29. The van der Waals surface area contributed by atoms with Crippen LogP contribution in [-0.2, 0) is 11.4 Å². The van der Waals surface area contributed by atoms with E-state index in [1.165, 1.54) is 29.4 Å². The summed E-state index contributed by atoms with van der Waals surface area (Å²) >= 11 is 0. The number of aliphatic hydroxyl groups is 2. The molecule has 1 amide bonds. The fourth-order valence-corrected chi connectivity index (χ4v) is 4.07. The van der Waals surface area contributed by atoms with Crippen molar-refractivity contribution in [3.8, 4) is 0 Å². The van der Waals surface area contributed by atoms with Gasteiger partial charge in [0.25, 0.3) is 5.91 Å². The molecule has 31 heavy (non-hydrogen) atoms. The lowest BCUT2D eigenvalue weighted by molar-refractivity contribution is -0.124. The van der Waals surface area contributed by atoms with Crippen LogP contribution in [0.4, 0.5) is 5.69 Å². The number of aromatic amines is 1. The van der Waals surface area contributed by atoms with Gasteiger partial charge in [0.05, 0.1) is 23.3 Å². The number of carbonyl (C=O) groups is 2. The Bertz CT molecular complexity index is 1270. The van der Waals surface area contributed by atoms with Crippen LogP contribution in [0.2, 0.25) is 0 Å². The van der Waals surface area contributed by atoms with Crippen molar-refractivity contribution < 1.29 is 24.2 Å². The van der Waals surface area contributed by atoms with Gasteiger partial charge in [-0.1, -0.05) is 0 Å². The molecule has 1 fully saturated rings. The summed E-state index contributed by atoms with van der Waals surface area (Å²) in [5.41, 5.74) is 2.24. The van der Waals surface area contributed by atoms with Crippen molar-refractivity contribution in [2.45, 2.75) is 18.8 Å². The van der Waals surface area contributed by atoms with Gasteiger partial charge in [-0.25, -0.2) is 4.98 Å². The molecular weight excluding hydrogens is 400 g/mol. The largest absolute Gasteiger partial charge is 0.461 e. The molecule has 1 saturated heterocycles. The van der Waals surface area contributed by atoms with E-state index >= 15 is 0 Å². The third-order valence-electron chi connectivity index (χ3n) is 5.53. The van der Waals surface area contributed by atoms with E-state index < -0.39 is 29.8 Å². The summed E-state index contributed by atoms with van der Waals surface area (Å²) in [5, 5.41) is 20.3. The van der Waals surface area contributed by atoms with Crippen LogP contribution in [0.3, 0.4) is 0 Å². The molecule has 1 aliphatic rings. The first-order valence-corrected chi connectivity index (χ1v) is 9.66. The maximum atomic E-state index is 13.3. The van der Waals surface area contributed by atoms with Crippen molar-refractivity contribution in [1.82, 2.24) is 15.0 Å². The summed E-state index contributed by atoms with van der Waals surface area (Å²) in [5.74, 6) is -1.53. The number of rotatable bonds is 5. The van der Waals surface area contributed by atoms with Crippen LogP contribution < -0.4 is 4.90 Å². The van der Waals surface area contributed by atoms with Crippen molar-refractivity contribution in [3.63, 3.8) is 0 Å². The molecule has 0 bridgehead atoms. The van der Waals surface area contributed by atoms with E-state index in [0.717, 1.165) is 5.52 Å².